The van der Waals surface area contributed by atoms with Gasteiger partial charge < -0.3 is 15.8 Å². The van der Waals surface area contributed by atoms with E-state index in [9.17, 15) is 4.79 Å². The van der Waals surface area contributed by atoms with E-state index in [1.807, 2.05) is 31.2 Å². The van der Waals surface area contributed by atoms with Crippen LogP contribution in [-0.2, 0) is 0 Å². The van der Waals surface area contributed by atoms with Crippen molar-refractivity contribution in [1.82, 2.24) is 9.97 Å². The van der Waals surface area contributed by atoms with Crippen LogP contribution in [0.15, 0.2) is 48.8 Å². The quantitative estimate of drug-likeness (QED) is 0.586. The lowest BCUT2D eigenvalue weighted by atomic mass is 9.84. The summed E-state index contributed by atoms with van der Waals surface area (Å²) in [6.45, 7) is 1.99. The number of anilines is 2. The highest BCUT2D eigenvalue weighted by atomic mass is 16.5. The van der Waals surface area contributed by atoms with Crippen molar-refractivity contribution in [3.8, 4) is 16.9 Å². The molecule has 1 aromatic heterocycles. The first kappa shape index (κ1) is 20.8. The maximum absolute atomic E-state index is 13.1. The van der Waals surface area contributed by atoms with Gasteiger partial charge in [-0.05, 0) is 66.6 Å². The number of aryl methyl sites for hydroxylation is 1. The van der Waals surface area contributed by atoms with E-state index in [2.05, 4.69) is 27.4 Å². The van der Waals surface area contributed by atoms with Gasteiger partial charge >= 0.3 is 0 Å². The van der Waals surface area contributed by atoms with Crippen molar-refractivity contribution in [2.75, 3.05) is 18.2 Å². The van der Waals surface area contributed by atoms with Crippen LogP contribution in [0.5, 0.6) is 5.75 Å². The molecule has 2 aromatic carbocycles. The van der Waals surface area contributed by atoms with E-state index in [-0.39, 0.29) is 11.9 Å². The first-order chi connectivity index (χ1) is 15.0. The van der Waals surface area contributed by atoms with E-state index < -0.39 is 0 Å². The zero-order valence-corrected chi connectivity index (χ0v) is 18.0. The van der Waals surface area contributed by atoms with Crippen LogP contribution in [0.25, 0.3) is 11.1 Å². The lowest BCUT2D eigenvalue weighted by Gasteiger charge is -2.23. The molecule has 0 saturated heterocycles. The second-order valence-corrected chi connectivity index (χ2v) is 8.11. The summed E-state index contributed by atoms with van der Waals surface area (Å²) in [4.78, 5) is 21.2. The molecule has 0 radical (unpaired) electrons. The van der Waals surface area contributed by atoms with Crippen molar-refractivity contribution in [2.45, 2.75) is 44.9 Å². The van der Waals surface area contributed by atoms with Gasteiger partial charge in [-0.2, -0.15) is 0 Å². The molecule has 1 aliphatic carbocycles. The maximum atomic E-state index is 13.1. The van der Waals surface area contributed by atoms with Crippen LogP contribution < -0.4 is 15.8 Å². The molecule has 6 heteroatoms. The second-order valence-electron chi connectivity index (χ2n) is 8.11. The van der Waals surface area contributed by atoms with Crippen LogP contribution in [0.1, 0.15) is 59.5 Å². The topological polar surface area (TPSA) is 90.1 Å². The van der Waals surface area contributed by atoms with Crippen LogP contribution in [0.2, 0.25) is 0 Å². The summed E-state index contributed by atoms with van der Waals surface area (Å²) < 4.78 is 5.50. The van der Waals surface area contributed by atoms with E-state index in [1.165, 1.54) is 37.7 Å². The molecule has 6 nitrogen and oxygen atoms in total. The summed E-state index contributed by atoms with van der Waals surface area (Å²) in [6.07, 6.45) is 9.57. The van der Waals surface area contributed by atoms with Gasteiger partial charge in [0, 0.05) is 23.5 Å². The van der Waals surface area contributed by atoms with E-state index in [0.717, 1.165) is 16.7 Å². The Morgan fingerprint density at radius 3 is 2.52 bits per heavy atom. The Morgan fingerprint density at radius 1 is 1.06 bits per heavy atom. The molecule has 4 rings (SSSR count). The van der Waals surface area contributed by atoms with Crippen molar-refractivity contribution in [1.29, 1.82) is 0 Å². The summed E-state index contributed by atoms with van der Waals surface area (Å²) in [6, 6.07) is 11.7. The molecule has 160 valence electrons. The fourth-order valence-electron chi connectivity index (χ4n) is 4.26. The fraction of sp³-hybridized carbons (Fsp3) is 0.320. The molecular formula is C25H28N4O2. The average molecular weight is 417 g/mol. The van der Waals surface area contributed by atoms with Gasteiger partial charge in [-0.3, -0.25) is 4.79 Å². The predicted molar refractivity (Wildman–Crippen MR) is 123 cm³/mol. The smallest absolute Gasteiger partial charge is 0.255 e. The zero-order chi connectivity index (χ0) is 21.8. The molecule has 1 amide bonds. The van der Waals surface area contributed by atoms with Gasteiger partial charge in [0.1, 0.15) is 5.75 Å². The van der Waals surface area contributed by atoms with Gasteiger partial charge in [-0.1, -0.05) is 31.4 Å². The van der Waals surface area contributed by atoms with E-state index in [1.54, 1.807) is 19.5 Å². The number of ether oxygens (including phenoxy) is 1. The molecule has 1 aliphatic rings. The third-order valence-corrected chi connectivity index (χ3v) is 6.03. The van der Waals surface area contributed by atoms with E-state index >= 15 is 0 Å². The zero-order valence-electron chi connectivity index (χ0n) is 18.0. The number of methoxy groups -OCH3 is 1. The minimum Gasteiger partial charge on any atom is -0.495 e. The number of carbonyl (C=O) groups is 1. The number of rotatable bonds is 5. The summed E-state index contributed by atoms with van der Waals surface area (Å²) in [5, 5.41) is 3.05. The molecule has 0 bridgehead atoms. The largest absolute Gasteiger partial charge is 0.495 e. The normalized spacial score (nSPS) is 14.3. The first-order valence-electron chi connectivity index (χ1n) is 10.7. The number of carbonyl (C=O) groups excluding carboxylic acids is 1. The van der Waals surface area contributed by atoms with Crippen LogP contribution in [-0.4, -0.2) is 23.0 Å². The molecule has 0 aliphatic heterocycles. The highest BCUT2D eigenvalue weighted by molar-refractivity contribution is 6.05. The van der Waals surface area contributed by atoms with E-state index in [4.69, 9.17) is 10.5 Å². The number of nitrogens with zero attached hydrogens (tertiary/aromatic N) is 2. The van der Waals surface area contributed by atoms with Gasteiger partial charge in [-0.15, -0.1) is 0 Å². The average Bonchev–Trinajstić information content (AvgIpc) is 2.80. The lowest BCUT2D eigenvalue weighted by Crippen LogP contribution is -2.14. The van der Waals surface area contributed by atoms with Crippen molar-refractivity contribution in [3.05, 3.63) is 65.5 Å². The maximum Gasteiger partial charge on any atom is 0.255 e. The van der Waals surface area contributed by atoms with Gasteiger partial charge in [0.25, 0.3) is 5.91 Å². The number of hydrogen-bond acceptors (Lipinski definition) is 5. The molecule has 31 heavy (non-hydrogen) atoms. The molecule has 1 saturated carbocycles. The minimum absolute atomic E-state index is 0.184. The highest BCUT2D eigenvalue weighted by Gasteiger charge is 2.18. The Balaban J connectivity index is 1.60. The lowest BCUT2D eigenvalue weighted by molar-refractivity contribution is 0.102. The van der Waals surface area contributed by atoms with Crippen LogP contribution in [0, 0.1) is 6.92 Å². The Morgan fingerprint density at radius 2 is 1.81 bits per heavy atom. The number of nitrogen functional groups attached to an aromatic ring is 1. The second kappa shape index (κ2) is 9.16. The minimum atomic E-state index is -0.184. The molecule has 1 fully saturated rings. The van der Waals surface area contributed by atoms with Crippen molar-refractivity contribution in [3.63, 3.8) is 0 Å². The van der Waals surface area contributed by atoms with Gasteiger partial charge in [0.2, 0.25) is 5.95 Å². The Kier molecular flexibility index (Phi) is 6.16. The van der Waals surface area contributed by atoms with Gasteiger partial charge in [0.15, 0.2) is 0 Å². The van der Waals surface area contributed by atoms with Gasteiger partial charge in [0.05, 0.1) is 12.8 Å². The number of nitrogens with two attached hydrogens (primary N) is 1. The van der Waals surface area contributed by atoms with Crippen LogP contribution in [0.3, 0.4) is 0 Å². The summed E-state index contributed by atoms with van der Waals surface area (Å²) in [5.74, 6) is 1.25. The predicted octanol–water partition coefficient (Wildman–Crippen LogP) is 5.34. The summed E-state index contributed by atoms with van der Waals surface area (Å²) in [7, 11) is 1.62. The SMILES string of the molecule is COc1ccc(C2CCCCC2)cc1NC(=O)c1ccc(C)c(-c2cnc(N)nc2)c1. The third kappa shape index (κ3) is 4.68. The molecular weight excluding hydrogens is 388 g/mol. The third-order valence-electron chi connectivity index (χ3n) is 6.03. The Bertz CT molecular complexity index is 1070. The highest BCUT2D eigenvalue weighted by Crippen LogP contribution is 2.36. The molecule has 0 atom stereocenters. The van der Waals surface area contributed by atoms with Crippen LogP contribution in [0.4, 0.5) is 11.6 Å². The number of nitrogens with one attached hydrogen (secondary N) is 1. The molecule has 3 aromatic rings. The summed E-state index contributed by atoms with van der Waals surface area (Å²) in [5.41, 5.74) is 10.9. The number of amides is 1. The molecule has 3 N–H and O–H groups in total. The molecule has 0 spiro atoms. The van der Waals surface area contributed by atoms with Crippen molar-refractivity contribution >= 4 is 17.5 Å². The Labute approximate surface area is 182 Å². The molecule has 1 heterocycles. The summed E-state index contributed by atoms with van der Waals surface area (Å²) >= 11 is 0. The van der Waals surface area contributed by atoms with E-state index in [0.29, 0.717) is 22.9 Å². The monoisotopic (exact) mass is 416 g/mol. The number of hydrogen-bond donors (Lipinski definition) is 2. The standard InChI is InChI=1S/C25H28N4O2/c1-16-8-9-19(12-21(16)20-14-27-25(26)28-15-20)24(30)29-22-13-18(10-11-23(22)31-2)17-6-4-3-5-7-17/h8-15,17H,3-7H2,1-2H3,(H,29,30)(H2,26,27,28). The molecule has 0 unspecified atom stereocenters. The number of aromatic nitrogens is 2. The first-order valence-corrected chi connectivity index (χ1v) is 10.7. The Hall–Kier alpha value is -3.41. The van der Waals surface area contributed by atoms with Crippen molar-refractivity contribution in [2.24, 2.45) is 0 Å². The fourth-order valence-corrected chi connectivity index (χ4v) is 4.26. The van der Waals surface area contributed by atoms with Crippen LogP contribution >= 0.6 is 0 Å². The van der Waals surface area contributed by atoms with Gasteiger partial charge in [-0.25, -0.2) is 9.97 Å². The number of benzene rings is 2. The van der Waals surface area contributed by atoms with Crippen molar-refractivity contribution < 1.29 is 9.53 Å².